The van der Waals surface area contributed by atoms with Gasteiger partial charge >= 0.3 is 12.0 Å². The summed E-state index contributed by atoms with van der Waals surface area (Å²) in [6.45, 7) is 4.32. The van der Waals surface area contributed by atoms with Crippen LogP contribution in [0.15, 0.2) is 36.5 Å². The highest BCUT2D eigenvalue weighted by molar-refractivity contribution is 5.96. The third-order valence-electron chi connectivity index (χ3n) is 4.43. The molecule has 0 saturated carbocycles. The predicted octanol–water partition coefficient (Wildman–Crippen LogP) is 1.52. The Morgan fingerprint density at radius 1 is 1.14 bits per heavy atom. The summed E-state index contributed by atoms with van der Waals surface area (Å²) in [6, 6.07) is 9.00. The van der Waals surface area contributed by atoms with Gasteiger partial charge in [-0.05, 0) is 32.4 Å². The number of urea groups is 1. The van der Waals surface area contributed by atoms with Crippen LogP contribution in [-0.4, -0.2) is 63.9 Å². The molecule has 0 bridgehead atoms. The smallest absolute Gasteiger partial charge is 0.336 e. The SMILES string of the molecule is CCOC(=O)CNC(=O)N1CCCN1C(=O)c1cnn(-c2ccccc2)c1C. The number of hydrogen-bond donors (Lipinski definition) is 1. The van der Waals surface area contributed by atoms with Gasteiger partial charge in [0.2, 0.25) is 0 Å². The number of carbonyl (C=O) groups is 3. The number of benzene rings is 1. The minimum atomic E-state index is -0.520. The van der Waals surface area contributed by atoms with Gasteiger partial charge in [0.05, 0.1) is 29.7 Å². The highest BCUT2D eigenvalue weighted by Gasteiger charge is 2.33. The van der Waals surface area contributed by atoms with E-state index in [0.29, 0.717) is 30.8 Å². The van der Waals surface area contributed by atoms with Crippen LogP contribution in [0.4, 0.5) is 4.79 Å². The maximum atomic E-state index is 13.0. The molecule has 3 rings (SSSR count). The van der Waals surface area contributed by atoms with Crippen LogP contribution in [0.5, 0.6) is 0 Å². The number of rotatable bonds is 5. The summed E-state index contributed by atoms with van der Waals surface area (Å²) in [5, 5.41) is 9.52. The predicted molar refractivity (Wildman–Crippen MR) is 101 cm³/mol. The van der Waals surface area contributed by atoms with E-state index >= 15 is 0 Å². The summed E-state index contributed by atoms with van der Waals surface area (Å²) in [4.78, 5) is 36.9. The highest BCUT2D eigenvalue weighted by Crippen LogP contribution is 2.19. The third-order valence-corrected chi connectivity index (χ3v) is 4.43. The van der Waals surface area contributed by atoms with E-state index in [9.17, 15) is 14.4 Å². The van der Waals surface area contributed by atoms with Crippen molar-refractivity contribution in [2.75, 3.05) is 26.2 Å². The molecular formula is C19H23N5O4. The number of esters is 1. The lowest BCUT2D eigenvalue weighted by molar-refractivity contribution is -0.141. The highest BCUT2D eigenvalue weighted by atomic mass is 16.5. The zero-order valence-corrected chi connectivity index (χ0v) is 15.9. The van der Waals surface area contributed by atoms with E-state index in [1.54, 1.807) is 11.6 Å². The number of nitrogens with zero attached hydrogens (tertiary/aromatic N) is 4. The first-order valence-corrected chi connectivity index (χ1v) is 9.15. The van der Waals surface area contributed by atoms with E-state index in [-0.39, 0.29) is 19.1 Å². The lowest BCUT2D eigenvalue weighted by Gasteiger charge is -2.27. The maximum Gasteiger partial charge on any atom is 0.336 e. The molecule has 0 radical (unpaired) electrons. The molecule has 1 fully saturated rings. The Kier molecular flexibility index (Phi) is 5.93. The van der Waals surface area contributed by atoms with Crippen molar-refractivity contribution in [3.63, 3.8) is 0 Å². The third kappa shape index (κ3) is 3.98. The Morgan fingerprint density at radius 2 is 1.86 bits per heavy atom. The molecule has 9 nitrogen and oxygen atoms in total. The molecule has 1 aromatic heterocycles. The molecule has 0 unspecified atom stereocenters. The number of hydrogen-bond acceptors (Lipinski definition) is 5. The molecule has 3 amide bonds. The average Bonchev–Trinajstić information content (AvgIpc) is 3.33. The summed E-state index contributed by atoms with van der Waals surface area (Å²) in [7, 11) is 0. The molecular weight excluding hydrogens is 362 g/mol. The first kappa shape index (κ1) is 19.4. The van der Waals surface area contributed by atoms with Crippen LogP contribution in [0.2, 0.25) is 0 Å². The molecule has 1 aliphatic rings. The molecule has 0 aliphatic carbocycles. The first-order chi connectivity index (χ1) is 13.5. The Hall–Kier alpha value is -3.36. The first-order valence-electron chi connectivity index (χ1n) is 9.15. The van der Waals surface area contributed by atoms with Crippen molar-refractivity contribution < 1.29 is 19.1 Å². The molecule has 28 heavy (non-hydrogen) atoms. The van der Waals surface area contributed by atoms with E-state index in [0.717, 1.165) is 5.69 Å². The molecule has 9 heteroatoms. The van der Waals surface area contributed by atoms with Gasteiger partial charge in [-0.2, -0.15) is 5.10 Å². The summed E-state index contributed by atoms with van der Waals surface area (Å²) in [5.74, 6) is -0.823. The van der Waals surface area contributed by atoms with Crippen LogP contribution in [-0.2, 0) is 9.53 Å². The van der Waals surface area contributed by atoms with Gasteiger partial charge in [-0.25, -0.2) is 19.5 Å². The van der Waals surface area contributed by atoms with Gasteiger partial charge in [0.15, 0.2) is 0 Å². The second-order valence-electron chi connectivity index (χ2n) is 6.26. The Bertz CT molecular complexity index is 864. The number of carbonyl (C=O) groups excluding carboxylic acids is 3. The Morgan fingerprint density at radius 3 is 2.57 bits per heavy atom. The summed E-state index contributed by atoms with van der Waals surface area (Å²) < 4.78 is 6.48. The second kappa shape index (κ2) is 8.55. The zero-order valence-electron chi connectivity index (χ0n) is 15.9. The summed E-state index contributed by atoms with van der Waals surface area (Å²) >= 11 is 0. The van der Waals surface area contributed by atoms with Crippen molar-refractivity contribution in [3.05, 3.63) is 47.8 Å². The lowest BCUT2D eigenvalue weighted by Crippen LogP contribution is -2.50. The normalized spacial score (nSPS) is 13.5. The van der Waals surface area contributed by atoms with Crippen LogP contribution in [0, 0.1) is 6.92 Å². The number of hydrazine groups is 1. The molecule has 0 atom stereocenters. The number of amides is 3. The van der Waals surface area contributed by atoms with Crippen LogP contribution in [0.25, 0.3) is 5.69 Å². The van der Waals surface area contributed by atoms with E-state index < -0.39 is 12.0 Å². The van der Waals surface area contributed by atoms with Gasteiger partial charge in [0, 0.05) is 13.1 Å². The molecule has 1 saturated heterocycles. The molecule has 1 aliphatic heterocycles. The van der Waals surface area contributed by atoms with Gasteiger partial charge in [-0.15, -0.1) is 0 Å². The van der Waals surface area contributed by atoms with E-state index in [1.165, 1.54) is 16.2 Å². The van der Waals surface area contributed by atoms with Crippen LogP contribution in [0.1, 0.15) is 29.4 Å². The van der Waals surface area contributed by atoms with Crippen LogP contribution >= 0.6 is 0 Å². The number of nitrogens with one attached hydrogen (secondary N) is 1. The fraction of sp³-hybridized carbons (Fsp3) is 0.368. The number of ether oxygens (including phenoxy) is 1. The number of para-hydroxylation sites is 1. The van der Waals surface area contributed by atoms with Gasteiger partial charge in [-0.3, -0.25) is 9.59 Å². The van der Waals surface area contributed by atoms with Gasteiger partial charge < -0.3 is 10.1 Å². The standard InChI is InChI=1S/C19H23N5O4/c1-3-28-17(25)13-20-19(27)23-11-7-10-22(23)18(26)16-12-21-24(14(16)2)15-8-5-4-6-9-15/h4-6,8-9,12H,3,7,10-11,13H2,1-2H3,(H,20,27). The van der Waals surface area contributed by atoms with Crippen molar-refractivity contribution in [3.8, 4) is 5.69 Å². The quantitative estimate of drug-likeness (QED) is 0.787. The number of aromatic nitrogens is 2. The largest absolute Gasteiger partial charge is 0.465 e. The maximum absolute atomic E-state index is 13.0. The fourth-order valence-corrected chi connectivity index (χ4v) is 3.07. The van der Waals surface area contributed by atoms with Crippen molar-refractivity contribution in [2.24, 2.45) is 0 Å². The topological polar surface area (TPSA) is 96.8 Å². The zero-order chi connectivity index (χ0) is 20.1. The summed E-state index contributed by atoms with van der Waals surface area (Å²) in [5.41, 5.74) is 1.97. The minimum absolute atomic E-state index is 0.240. The molecule has 0 spiro atoms. The van der Waals surface area contributed by atoms with Crippen LogP contribution < -0.4 is 5.32 Å². The van der Waals surface area contributed by atoms with Gasteiger partial charge in [-0.1, -0.05) is 18.2 Å². The monoisotopic (exact) mass is 385 g/mol. The summed E-state index contributed by atoms with van der Waals surface area (Å²) in [6.07, 6.45) is 2.17. The van der Waals surface area contributed by atoms with Gasteiger partial charge in [0.1, 0.15) is 6.54 Å². The molecule has 1 N–H and O–H groups in total. The molecule has 148 valence electrons. The van der Waals surface area contributed by atoms with Crippen LogP contribution in [0.3, 0.4) is 0 Å². The minimum Gasteiger partial charge on any atom is -0.465 e. The lowest BCUT2D eigenvalue weighted by atomic mass is 10.2. The van der Waals surface area contributed by atoms with Crippen molar-refractivity contribution in [1.82, 2.24) is 25.1 Å². The van der Waals surface area contributed by atoms with E-state index in [4.69, 9.17) is 4.74 Å². The van der Waals surface area contributed by atoms with E-state index in [2.05, 4.69) is 10.4 Å². The fourth-order valence-electron chi connectivity index (χ4n) is 3.07. The van der Waals surface area contributed by atoms with E-state index in [1.807, 2.05) is 37.3 Å². The second-order valence-corrected chi connectivity index (χ2v) is 6.26. The Labute approximate surface area is 162 Å². The molecule has 2 aromatic rings. The average molecular weight is 385 g/mol. The van der Waals surface area contributed by atoms with Gasteiger partial charge in [0.25, 0.3) is 5.91 Å². The van der Waals surface area contributed by atoms with Crippen molar-refractivity contribution in [1.29, 1.82) is 0 Å². The molecule has 2 heterocycles. The Balaban J connectivity index is 1.72. The van der Waals surface area contributed by atoms with Crippen molar-refractivity contribution in [2.45, 2.75) is 20.3 Å². The molecule has 1 aromatic carbocycles. The van der Waals surface area contributed by atoms with Crippen molar-refractivity contribution >= 4 is 17.9 Å².